The standard InChI is InChI=1S/C17H19N5O6S3.Na/c1-26-21-10(9-5-31-17(18)19-9)13(23)20-11-14(24)22-12(16(25)29)7(4-30-15(11)22)2-8-3-27-6-28-8;/h5,8,11,15H,2-4,6H2,1H3,(H2,18,19)(H,20,23)(H,25,29);/q;+1/p-1/b21-10+;/t8?,11?,15-;/m1./s1. The average Bonchev–Trinajstić information content (AvgIpc) is 3.41. The molecule has 0 bridgehead atoms. The maximum absolute atomic E-state index is 12.9. The molecular formula is C17H18N5NaO6S3. The molecule has 4 rings (SSSR count). The van der Waals surface area contributed by atoms with Crippen molar-refractivity contribution in [3.05, 3.63) is 22.3 Å². The van der Waals surface area contributed by atoms with Gasteiger partial charge < -0.3 is 30.5 Å². The van der Waals surface area contributed by atoms with Crippen LogP contribution in [0.15, 0.2) is 21.8 Å². The van der Waals surface area contributed by atoms with Gasteiger partial charge in [-0.3, -0.25) is 14.5 Å². The van der Waals surface area contributed by atoms with Crippen LogP contribution in [0, 0.1) is 0 Å². The van der Waals surface area contributed by atoms with Gasteiger partial charge in [-0.1, -0.05) is 17.4 Å². The van der Waals surface area contributed by atoms with E-state index in [0.29, 0.717) is 18.8 Å². The number of rotatable bonds is 7. The van der Waals surface area contributed by atoms with Crippen molar-refractivity contribution in [3.63, 3.8) is 0 Å². The predicted octanol–water partition coefficient (Wildman–Crippen LogP) is -3.82. The molecule has 3 atom stereocenters. The molecule has 1 aromatic rings. The monoisotopic (exact) mass is 507 g/mol. The number of anilines is 1. The summed E-state index contributed by atoms with van der Waals surface area (Å²) in [5, 5.41) is 19.3. The molecule has 2 saturated heterocycles. The molecule has 11 nitrogen and oxygen atoms in total. The molecule has 1 aromatic heterocycles. The van der Waals surface area contributed by atoms with Crippen LogP contribution in [0.1, 0.15) is 12.1 Å². The Balaban J connectivity index is 0.00000289. The zero-order valence-electron chi connectivity index (χ0n) is 17.2. The van der Waals surface area contributed by atoms with Gasteiger partial charge in [0.15, 0.2) is 10.8 Å². The van der Waals surface area contributed by atoms with E-state index in [-0.39, 0.29) is 64.7 Å². The van der Waals surface area contributed by atoms with Gasteiger partial charge in [-0.25, -0.2) is 4.98 Å². The van der Waals surface area contributed by atoms with Crippen LogP contribution in [0.25, 0.3) is 0 Å². The summed E-state index contributed by atoms with van der Waals surface area (Å²) in [5.74, 6) is -0.572. The van der Waals surface area contributed by atoms with Crippen LogP contribution in [0.5, 0.6) is 0 Å². The summed E-state index contributed by atoms with van der Waals surface area (Å²) in [6.07, 6.45) is 0.274. The molecule has 3 aliphatic heterocycles. The fourth-order valence-electron chi connectivity index (χ4n) is 3.49. The summed E-state index contributed by atoms with van der Waals surface area (Å²) < 4.78 is 10.6. The van der Waals surface area contributed by atoms with E-state index in [1.165, 1.54) is 23.8 Å². The Morgan fingerprint density at radius 2 is 2.34 bits per heavy atom. The molecule has 15 heteroatoms. The third-order valence-electron chi connectivity index (χ3n) is 4.85. The fourth-order valence-corrected chi connectivity index (χ4v) is 5.65. The van der Waals surface area contributed by atoms with Gasteiger partial charge in [0.1, 0.15) is 31.0 Å². The van der Waals surface area contributed by atoms with Gasteiger partial charge in [-0.2, -0.15) is 0 Å². The fraction of sp³-hybridized carbons (Fsp3) is 0.471. The molecule has 2 fully saturated rings. The van der Waals surface area contributed by atoms with Gasteiger partial charge in [0.05, 0.1) is 12.7 Å². The number of oxime groups is 1. The predicted molar refractivity (Wildman–Crippen MR) is 115 cm³/mol. The molecule has 3 aliphatic rings. The number of carbonyl (C=O) groups excluding carboxylic acids is 2. The first-order valence-corrected chi connectivity index (χ1v) is 11.4. The number of hydrogen-bond donors (Lipinski definition) is 2. The number of thiazole rings is 1. The molecule has 0 spiro atoms. The molecule has 3 N–H and O–H groups in total. The first kappa shape index (κ1) is 25.4. The van der Waals surface area contributed by atoms with Crippen LogP contribution in [0.2, 0.25) is 0 Å². The number of nitrogen functional groups attached to an aromatic ring is 1. The molecule has 0 aliphatic carbocycles. The van der Waals surface area contributed by atoms with Crippen LogP contribution >= 0.6 is 35.3 Å². The van der Waals surface area contributed by atoms with E-state index < -0.39 is 28.3 Å². The number of nitrogens with two attached hydrogens (primary N) is 1. The minimum Gasteiger partial charge on any atom is -0.863 e. The third kappa shape index (κ3) is 4.97. The molecule has 0 radical (unpaired) electrons. The Kier molecular flexibility index (Phi) is 8.54. The largest absolute Gasteiger partial charge is 1.00 e. The van der Waals surface area contributed by atoms with Crippen LogP contribution in [-0.2, 0) is 23.9 Å². The molecule has 2 unspecified atom stereocenters. The van der Waals surface area contributed by atoms with Crippen molar-refractivity contribution in [3.8, 4) is 0 Å². The number of β-lactam (4-membered cyclic amide) rings is 1. The number of thioether (sulfide) groups is 1. The summed E-state index contributed by atoms with van der Waals surface area (Å²) >= 11 is 7.47. The summed E-state index contributed by atoms with van der Waals surface area (Å²) in [7, 11) is 1.29. The van der Waals surface area contributed by atoms with E-state index in [1.54, 1.807) is 5.38 Å². The van der Waals surface area contributed by atoms with E-state index in [1.807, 2.05) is 0 Å². The Labute approximate surface area is 219 Å². The zero-order valence-corrected chi connectivity index (χ0v) is 21.7. The number of nitrogens with one attached hydrogen (secondary N) is 1. The van der Waals surface area contributed by atoms with E-state index in [4.69, 9.17) is 32.3 Å². The summed E-state index contributed by atoms with van der Waals surface area (Å²) in [5.41, 5.74) is 6.71. The quantitative estimate of drug-likeness (QED) is 0.124. The smallest absolute Gasteiger partial charge is 0.863 e. The Morgan fingerprint density at radius 3 is 2.94 bits per heavy atom. The maximum atomic E-state index is 12.9. The molecule has 0 aromatic carbocycles. The number of nitrogens with zero attached hydrogens (tertiary/aromatic N) is 3. The molecule has 2 amide bonds. The second-order valence-electron chi connectivity index (χ2n) is 6.78. The Morgan fingerprint density at radius 1 is 1.56 bits per heavy atom. The maximum Gasteiger partial charge on any atom is 1.00 e. The summed E-state index contributed by atoms with van der Waals surface area (Å²) in [6, 6.07) is -0.840. The van der Waals surface area contributed by atoms with Crippen molar-refractivity contribution in [1.29, 1.82) is 0 Å². The van der Waals surface area contributed by atoms with Gasteiger partial charge in [0, 0.05) is 23.3 Å². The number of carbonyl (C=O) groups is 2. The van der Waals surface area contributed by atoms with Gasteiger partial charge >= 0.3 is 29.6 Å². The van der Waals surface area contributed by atoms with Crippen molar-refractivity contribution in [2.24, 2.45) is 5.16 Å². The van der Waals surface area contributed by atoms with E-state index in [9.17, 15) is 14.7 Å². The minimum absolute atomic E-state index is 0. The van der Waals surface area contributed by atoms with E-state index in [2.05, 4.69) is 15.5 Å². The molecule has 4 heterocycles. The van der Waals surface area contributed by atoms with Crippen molar-refractivity contribution in [2.45, 2.75) is 23.9 Å². The zero-order chi connectivity index (χ0) is 22.1. The summed E-state index contributed by atoms with van der Waals surface area (Å²) in [4.78, 5) is 35.8. The average molecular weight is 508 g/mol. The van der Waals surface area contributed by atoms with Gasteiger partial charge in [-0.05, 0) is 10.6 Å². The van der Waals surface area contributed by atoms with E-state index in [0.717, 1.165) is 16.9 Å². The molecule has 0 saturated carbocycles. The van der Waals surface area contributed by atoms with Crippen molar-refractivity contribution < 1.29 is 58.6 Å². The van der Waals surface area contributed by atoms with Crippen molar-refractivity contribution in [2.75, 3.05) is 32.0 Å². The molecule has 32 heavy (non-hydrogen) atoms. The number of ether oxygens (including phenoxy) is 2. The Hall–Kier alpha value is -1.26. The van der Waals surface area contributed by atoms with Gasteiger partial charge in [0.2, 0.25) is 0 Å². The molecular weight excluding hydrogens is 489 g/mol. The summed E-state index contributed by atoms with van der Waals surface area (Å²) in [6.45, 7) is 0.628. The first-order chi connectivity index (χ1) is 14.9. The van der Waals surface area contributed by atoms with Crippen molar-refractivity contribution >= 4 is 63.0 Å². The van der Waals surface area contributed by atoms with Crippen LogP contribution in [0.3, 0.4) is 0 Å². The number of thiocarbonyl (C=S) groups is 1. The van der Waals surface area contributed by atoms with Crippen LogP contribution in [0.4, 0.5) is 5.13 Å². The van der Waals surface area contributed by atoms with Crippen molar-refractivity contribution in [1.82, 2.24) is 15.2 Å². The first-order valence-electron chi connectivity index (χ1n) is 9.11. The normalized spacial score (nSPS) is 25.0. The number of amides is 2. The SMILES string of the molecule is CO/N=C(/C(=O)NC1C(=O)N2C(C([O-])=S)=C(CC3COCO3)CS[C@H]12)c1csc(N)n1.[Na+]. The number of hydrogen-bond acceptors (Lipinski definition) is 12. The Bertz CT molecular complexity index is 980. The minimum atomic E-state index is -0.840. The van der Waals surface area contributed by atoms with Gasteiger partial charge in [0.25, 0.3) is 11.8 Å². The van der Waals surface area contributed by atoms with Crippen LogP contribution < -0.4 is 45.7 Å². The number of fused-ring (bicyclic) bond motifs is 1. The second kappa shape index (κ2) is 10.8. The molecule has 166 valence electrons. The van der Waals surface area contributed by atoms with E-state index >= 15 is 0 Å². The number of aromatic nitrogens is 1. The van der Waals surface area contributed by atoms with Gasteiger partial charge in [-0.15, -0.1) is 23.1 Å². The van der Waals surface area contributed by atoms with Crippen LogP contribution in [-0.4, -0.2) is 76.2 Å². The topological polar surface area (TPSA) is 151 Å². The second-order valence-corrected chi connectivity index (χ2v) is 9.14. The third-order valence-corrected chi connectivity index (χ3v) is 7.06.